The molecular formula is C20H20F2N2O4. The van der Waals surface area contributed by atoms with Crippen LogP contribution in [0.5, 0.6) is 0 Å². The fourth-order valence-corrected chi connectivity index (χ4v) is 2.49. The summed E-state index contributed by atoms with van der Waals surface area (Å²) in [6, 6.07) is 13.2. The first-order valence-electron chi connectivity index (χ1n) is 8.31. The predicted octanol–water partition coefficient (Wildman–Crippen LogP) is 3.70. The number of halogens is 2. The molecule has 2 aromatic rings. The highest BCUT2D eigenvalue weighted by Crippen LogP contribution is 2.18. The molecule has 0 atom stereocenters. The molecule has 0 heterocycles. The van der Waals surface area contributed by atoms with Gasteiger partial charge in [-0.15, -0.1) is 0 Å². The largest absolute Gasteiger partial charge is 0.464 e. The van der Waals surface area contributed by atoms with E-state index in [4.69, 9.17) is 14.4 Å². The van der Waals surface area contributed by atoms with E-state index in [1.165, 1.54) is 26.4 Å². The van der Waals surface area contributed by atoms with Gasteiger partial charge in [-0.3, -0.25) is 0 Å². The highest BCUT2D eigenvalue weighted by Gasteiger charge is 2.21. The number of rotatable bonds is 8. The van der Waals surface area contributed by atoms with Crippen molar-refractivity contribution in [3.8, 4) is 0 Å². The lowest BCUT2D eigenvalue weighted by atomic mass is 9.99. The maximum Gasteiger partial charge on any atom is 0.360 e. The Hall–Kier alpha value is -3.29. The van der Waals surface area contributed by atoms with Gasteiger partial charge in [0.05, 0.1) is 7.11 Å². The molecule has 8 heteroatoms. The molecule has 0 fully saturated rings. The standard InChI is InChI=1S/C20H20F2N2O4/c1-13-8-7-11-15(18(23-27-3)20(25)26-2)16(13)12-28-24-17(19(21)22)14-9-5-4-6-10-14/h4-11,19H,12H2,1-3H3/b23-18+,24-17-. The molecule has 28 heavy (non-hydrogen) atoms. The van der Waals surface area contributed by atoms with Crippen LogP contribution in [0, 0.1) is 6.92 Å². The summed E-state index contributed by atoms with van der Waals surface area (Å²) in [4.78, 5) is 22.0. The van der Waals surface area contributed by atoms with Crippen molar-refractivity contribution in [1.29, 1.82) is 0 Å². The second kappa shape index (κ2) is 10.1. The second-order valence-corrected chi connectivity index (χ2v) is 5.63. The van der Waals surface area contributed by atoms with E-state index in [1.54, 1.807) is 43.3 Å². The average Bonchev–Trinajstić information content (AvgIpc) is 2.70. The van der Waals surface area contributed by atoms with Crippen LogP contribution >= 0.6 is 0 Å². The van der Waals surface area contributed by atoms with Crippen LogP contribution in [-0.4, -0.2) is 38.0 Å². The Morgan fingerprint density at radius 2 is 1.75 bits per heavy atom. The molecule has 0 aliphatic rings. The molecule has 0 N–H and O–H groups in total. The van der Waals surface area contributed by atoms with Crippen LogP contribution in [0.3, 0.4) is 0 Å². The molecule has 0 saturated carbocycles. The van der Waals surface area contributed by atoms with E-state index < -0.39 is 18.1 Å². The topological polar surface area (TPSA) is 69.5 Å². The van der Waals surface area contributed by atoms with Crippen LogP contribution in [0.2, 0.25) is 0 Å². The maximum atomic E-state index is 13.3. The fourth-order valence-electron chi connectivity index (χ4n) is 2.49. The SMILES string of the molecule is CO/N=C(/C(=O)OC)c1cccc(C)c1CO/N=C(/c1ccccc1)C(F)F. The Balaban J connectivity index is 2.34. The maximum absolute atomic E-state index is 13.3. The number of oxime groups is 2. The molecule has 0 radical (unpaired) electrons. The molecule has 0 saturated heterocycles. The summed E-state index contributed by atoms with van der Waals surface area (Å²) in [7, 11) is 2.52. The van der Waals surface area contributed by atoms with Crippen molar-refractivity contribution in [2.45, 2.75) is 20.0 Å². The number of nitrogens with zero attached hydrogens (tertiary/aromatic N) is 2. The van der Waals surface area contributed by atoms with E-state index >= 15 is 0 Å². The van der Waals surface area contributed by atoms with Gasteiger partial charge >= 0.3 is 5.97 Å². The van der Waals surface area contributed by atoms with E-state index in [-0.39, 0.29) is 17.9 Å². The second-order valence-electron chi connectivity index (χ2n) is 5.63. The first-order chi connectivity index (χ1) is 13.5. The van der Waals surface area contributed by atoms with E-state index in [2.05, 4.69) is 10.3 Å². The van der Waals surface area contributed by atoms with E-state index in [0.29, 0.717) is 11.1 Å². The minimum atomic E-state index is -2.81. The van der Waals surface area contributed by atoms with Crippen molar-refractivity contribution < 1.29 is 28.0 Å². The van der Waals surface area contributed by atoms with Gasteiger partial charge in [-0.2, -0.15) is 0 Å². The predicted molar refractivity (Wildman–Crippen MR) is 101 cm³/mol. The summed E-state index contributed by atoms with van der Waals surface area (Å²) in [6.07, 6.45) is -2.81. The number of methoxy groups -OCH3 is 1. The molecule has 0 bridgehead atoms. The van der Waals surface area contributed by atoms with Gasteiger partial charge in [0.2, 0.25) is 0 Å². The lowest BCUT2D eigenvalue weighted by molar-refractivity contribution is -0.132. The Bertz CT molecular complexity index is 868. The number of ether oxygens (including phenoxy) is 1. The minimum absolute atomic E-state index is 0.0616. The van der Waals surface area contributed by atoms with Gasteiger partial charge in [0, 0.05) is 16.7 Å². The van der Waals surface area contributed by atoms with Crippen molar-refractivity contribution in [3.63, 3.8) is 0 Å². The number of aryl methyl sites for hydroxylation is 1. The Kier molecular flexibility index (Phi) is 7.62. The zero-order chi connectivity index (χ0) is 20.5. The highest BCUT2D eigenvalue weighted by molar-refractivity contribution is 6.43. The summed E-state index contributed by atoms with van der Waals surface area (Å²) >= 11 is 0. The van der Waals surface area contributed by atoms with Crippen LogP contribution < -0.4 is 0 Å². The molecule has 0 aliphatic carbocycles. The molecule has 0 aromatic heterocycles. The first kappa shape index (κ1) is 21.0. The molecule has 0 amide bonds. The van der Waals surface area contributed by atoms with Crippen LogP contribution in [0.4, 0.5) is 8.78 Å². The number of hydrogen-bond acceptors (Lipinski definition) is 6. The number of benzene rings is 2. The summed E-state index contributed by atoms with van der Waals surface area (Å²) in [5.74, 6) is -0.699. The summed E-state index contributed by atoms with van der Waals surface area (Å²) < 4.78 is 31.4. The smallest absolute Gasteiger partial charge is 0.360 e. The van der Waals surface area contributed by atoms with Gasteiger partial charge in [-0.05, 0) is 12.5 Å². The number of alkyl halides is 2. The van der Waals surface area contributed by atoms with Crippen LogP contribution in [0.25, 0.3) is 0 Å². The normalized spacial score (nSPS) is 12.1. The summed E-state index contributed by atoms with van der Waals surface area (Å²) in [5, 5.41) is 7.34. The first-order valence-corrected chi connectivity index (χ1v) is 8.31. The summed E-state index contributed by atoms with van der Waals surface area (Å²) in [6.45, 7) is 1.64. The zero-order valence-electron chi connectivity index (χ0n) is 15.7. The van der Waals surface area contributed by atoms with Gasteiger partial charge in [-0.1, -0.05) is 58.8 Å². The van der Waals surface area contributed by atoms with Crippen LogP contribution in [0.1, 0.15) is 22.3 Å². The fraction of sp³-hybridized carbons (Fsp3) is 0.250. The molecule has 0 unspecified atom stereocenters. The van der Waals surface area contributed by atoms with Gasteiger partial charge in [0.15, 0.2) is 11.4 Å². The Morgan fingerprint density at radius 1 is 1.04 bits per heavy atom. The van der Waals surface area contributed by atoms with Gasteiger partial charge in [0.1, 0.15) is 13.7 Å². The third-order valence-corrected chi connectivity index (χ3v) is 3.87. The van der Waals surface area contributed by atoms with E-state index in [0.717, 1.165) is 5.56 Å². The molecule has 0 spiro atoms. The van der Waals surface area contributed by atoms with Crippen molar-refractivity contribution >= 4 is 17.4 Å². The van der Waals surface area contributed by atoms with Gasteiger partial charge < -0.3 is 14.4 Å². The number of esters is 1. The lowest BCUT2D eigenvalue weighted by Crippen LogP contribution is -2.20. The third-order valence-electron chi connectivity index (χ3n) is 3.87. The molecule has 6 nitrogen and oxygen atoms in total. The van der Waals surface area contributed by atoms with Crippen molar-refractivity contribution in [2.24, 2.45) is 10.3 Å². The number of carbonyl (C=O) groups is 1. The molecule has 0 aliphatic heterocycles. The van der Waals surface area contributed by atoms with Crippen LogP contribution in [-0.2, 0) is 25.8 Å². The lowest BCUT2D eigenvalue weighted by Gasteiger charge is -2.13. The summed E-state index contributed by atoms with van der Waals surface area (Å²) in [5.41, 5.74) is 1.44. The zero-order valence-corrected chi connectivity index (χ0v) is 15.7. The molecule has 148 valence electrons. The Morgan fingerprint density at radius 3 is 2.36 bits per heavy atom. The minimum Gasteiger partial charge on any atom is -0.464 e. The monoisotopic (exact) mass is 390 g/mol. The van der Waals surface area contributed by atoms with E-state index in [1.807, 2.05) is 0 Å². The van der Waals surface area contributed by atoms with E-state index in [9.17, 15) is 13.6 Å². The van der Waals surface area contributed by atoms with Gasteiger partial charge in [-0.25, -0.2) is 13.6 Å². The third kappa shape index (κ3) is 5.12. The molecule has 2 aromatic carbocycles. The number of hydrogen-bond donors (Lipinski definition) is 0. The Labute approximate surface area is 161 Å². The van der Waals surface area contributed by atoms with Crippen molar-refractivity contribution in [3.05, 3.63) is 70.8 Å². The van der Waals surface area contributed by atoms with Crippen LogP contribution in [0.15, 0.2) is 58.8 Å². The average molecular weight is 390 g/mol. The quantitative estimate of drug-likeness (QED) is 0.392. The molecular weight excluding hydrogens is 370 g/mol. The number of carbonyl (C=O) groups excluding carboxylic acids is 1. The highest BCUT2D eigenvalue weighted by atomic mass is 19.3. The van der Waals surface area contributed by atoms with Gasteiger partial charge in [0.25, 0.3) is 6.43 Å². The molecule has 2 rings (SSSR count). The van der Waals surface area contributed by atoms with Crippen molar-refractivity contribution in [2.75, 3.05) is 14.2 Å². The van der Waals surface area contributed by atoms with Crippen molar-refractivity contribution in [1.82, 2.24) is 0 Å².